The van der Waals surface area contributed by atoms with Crippen LogP contribution in [0.5, 0.6) is 23.0 Å². The summed E-state index contributed by atoms with van der Waals surface area (Å²) in [7, 11) is 0.367. The molecule has 7 amide bonds. The van der Waals surface area contributed by atoms with Crippen molar-refractivity contribution in [3.05, 3.63) is 243 Å². The third-order valence-corrected chi connectivity index (χ3v) is 22.7. The van der Waals surface area contributed by atoms with Crippen molar-refractivity contribution in [2.24, 2.45) is 0 Å². The van der Waals surface area contributed by atoms with Crippen molar-refractivity contribution >= 4 is 143 Å². The Kier molecular flexibility index (Phi) is 30.5. The molecule has 0 aromatic heterocycles. The summed E-state index contributed by atoms with van der Waals surface area (Å²) in [6.07, 6.45) is 0.0493. The molecule has 0 spiro atoms. The first-order valence-corrected chi connectivity index (χ1v) is 38.6. The van der Waals surface area contributed by atoms with Gasteiger partial charge in [-0.25, -0.2) is 14.4 Å². The van der Waals surface area contributed by atoms with Crippen LogP contribution in [0.25, 0.3) is 0 Å². The second-order valence-electron chi connectivity index (χ2n) is 26.9. The molecule has 108 heavy (non-hydrogen) atoms. The Labute approximate surface area is 656 Å². The van der Waals surface area contributed by atoms with Gasteiger partial charge in [-0.05, 0) is 177 Å². The number of nitrogens with one attached hydrogen (secondary N) is 7. The minimum Gasteiger partial charge on any atom is -0.543 e. The number of methoxy groups -OCH3 is 2. The number of benzene rings is 8. The average Bonchev–Trinajstić information content (AvgIpc) is 0.840. The summed E-state index contributed by atoms with van der Waals surface area (Å²) in [5.41, 5.74) is 3.63. The number of esters is 2. The maximum Gasteiger partial charge on any atom is 0.407 e. The molecule has 570 valence electrons. The second-order valence-corrected chi connectivity index (χ2v) is 34.1. The van der Waals surface area contributed by atoms with Gasteiger partial charge in [0.1, 0.15) is 40.7 Å². The lowest BCUT2D eigenvalue weighted by atomic mass is 10.0. The molecule has 8 rings (SSSR count). The Morgan fingerprint density at radius 1 is 0.454 bits per heavy atom. The first kappa shape index (κ1) is 85.2. The monoisotopic (exact) mass is 1610 g/mol. The first-order chi connectivity index (χ1) is 50.9. The molecule has 0 bridgehead atoms. The normalized spacial score (nSPS) is 11.7. The number of carbonyl (C=O) groups is 9. The topological polar surface area (TPSA) is 324 Å². The van der Waals surface area contributed by atoms with Crippen molar-refractivity contribution in [3.63, 3.8) is 0 Å². The standard InChI is InChI=1S/C40H41Cl3N4O9.C38H40Cl3N3O7Si/c1-40(2,3)56-39(53)44-15-6-16-55-28-20-31(42)34(32(43)21-28)37(51)46-26-12-9-23(10-13-26)18-33(38(52)54-4)47-36(50)29-14-11-25(19-30(29)41)35(49)45-22-24-7-5-8-27(48)17-24;1-38(2,3)52(5,6)51-27-9-7-8-23(16-27)21-42-34(46)24-12-15-28(29(39)18-24)35(47)44-32(37(49)50-4)17-22-10-13-25(14-11-22)43-36(48)33-30(40)19-26(45)20-31(33)41/h5,7-14,17,19-21,33,48H,6,15-16,18,22H2,1-4H3,(H,44,53)(H,45,49)(H,46,51)(H,47,50);7-16,18-20,32,45H,17,21H2,1-6H3,(H,42,46)(H,43,48)(H,44,47)/t33-;32-/m00/s1. The summed E-state index contributed by atoms with van der Waals surface area (Å²) >= 11 is 37.8. The smallest absolute Gasteiger partial charge is 0.407 e. The molecular weight excluding hydrogens is 1530 g/mol. The number of hydrogen-bond donors (Lipinski definition) is 9. The largest absolute Gasteiger partial charge is 0.543 e. The highest BCUT2D eigenvalue weighted by atomic mass is 35.5. The van der Waals surface area contributed by atoms with Gasteiger partial charge in [0.15, 0.2) is 0 Å². The van der Waals surface area contributed by atoms with Crippen LogP contribution in [0, 0.1) is 0 Å². The highest BCUT2D eigenvalue weighted by Gasteiger charge is 2.39. The van der Waals surface area contributed by atoms with E-state index in [0.717, 1.165) is 11.3 Å². The highest BCUT2D eigenvalue weighted by molar-refractivity contribution is 6.74. The van der Waals surface area contributed by atoms with Crippen LogP contribution in [0.3, 0.4) is 0 Å². The molecule has 0 fully saturated rings. The lowest BCUT2D eigenvalue weighted by Crippen LogP contribution is -2.43. The first-order valence-electron chi connectivity index (χ1n) is 33.5. The number of anilines is 2. The molecule has 0 aliphatic heterocycles. The number of hydrogen-bond acceptors (Lipinski definition) is 16. The fourth-order valence-electron chi connectivity index (χ4n) is 9.93. The maximum atomic E-state index is 13.3. The number of alkyl carbamates (subject to hydrolysis) is 1. The number of phenolic OH excluding ortho intramolecular Hbond substituents is 2. The van der Waals surface area contributed by atoms with E-state index in [9.17, 15) is 53.4 Å². The van der Waals surface area contributed by atoms with Gasteiger partial charge >= 0.3 is 18.0 Å². The van der Waals surface area contributed by atoms with Gasteiger partial charge in [0.2, 0.25) is 8.32 Å². The van der Waals surface area contributed by atoms with E-state index < -0.39 is 73.6 Å². The molecule has 2 atom stereocenters. The van der Waals surface area contributed by atoms with Crippen molar-refractivity contribution < 1.29 is 76.7 Å². The van der Waals surface area contributed by atoms with Gasteiger partial charge in [-0.15, -0.1) is 0 Å². The molecule has 8 aromatic carbocycles. The van der Waals surface area contributed by atoms with E-state index in [0.29, 0.717) is 46.8 Å². The number of aromatic hydroxyl groups is 2. The fourth-order valence-corrected chi connectivity index (χ4v) is 12.8. The molecule has 0 heterocycles. The summed E-state index contributed by atoms with van der Waals surface area (Å²) in [6.45, 7) is 17.1. The van der Waals surface area contributed by atoms with Crippen molar-refractivity contribution in [2.45, 2.75) is 110 Å². The summed E-state index contributed by atoms with van der Waals surface area (Å²) < 4.78 is 27.1. The lowest BCUT2D eigenvalue weighted by Gasteiger charge is -2.36. The fraction of sp³-hybridized carbons (Fsp3) is 0.269. The van der Waals surface area contributed by atoms with E-state index in [1.54, 1.807) is 81.4 Å². The van der Waals surface area contributed by atoms with Gasteiger partial charge in [0.05, 0.1) is 73.2 Å². The van der Waals surface area contributed by atoms with Crippen LogP contribution in [-0.2, 0) is 49.7 Å². The minimum absolute atomic E-state index is 0.000280. The molecule has 23 nitrogen and oxygen atoms in total. The Bertz CT molecular complexity index is 4590. The van der Waals surface area contributed by atoms with Crippen molar-refractivity contribution in [3.8, 4) is 23.0 Å². The van der Waals surface area contributed by atoms with Crippen LogP contribution in [0.1, 0.15) is 132 Å². The Balaban J connectivity index is 0.000000302. The number of carbonyl (C=O) groups excluding carboxylic acids is 9. The van der Waals surface area contributed by atoms with E-state index in [2.05, 4.69) is 71.1 Å². The van der Waals surface area contributed by atoms with Crippen LogP contribution in [0.4, 0.5) is 16.2 Å². The number of phenols is 2. The zero-order valence-corrected chi connectivity index (χ0v) is 66.0. The molecule has 8 aromatic rings. The van der Waals surface area contributed by atoms with E-state index in [1.807, 2.05) is 24.3 Å². The highest BCUT2D eigenvalue weighted by Crippen LogP contribution is 2.38. The zero-order valence-electron chi connectivity index (χ0n) is 60.5. The summed E-state index contributed by atoms with van der Waals surface area (Å²) in [4.78, 5) is 115. The van der Waals surface area contributed by atoms with Gasteiger partial charge in [-0.3, -0.25) is 28.8 Å². The quantitative estimate of drug-likeness (QED) is 0.01000. The number of halogens is 6. The van der Waals surface area contributed by atoms with Crippen molar-refractivity contribution in [1.29, 1.82) is 0 Å². The second kappa shape index (κ2) is 38.7. The summed E-state index contributed by atoms with van der Waals surface area (Å²) in [5, 5.41) is 38.3. The summed E-state index contributed by atoms with van der Waals surface area (Å²) in [6, 6.07) is 38.7. The Morgan fingerprint density at radius 3 is 1.31 bits per heavy atom. The summed E-state index contributed by atoms with van der Waals surface area (Å²) in [5.74, 6) is -3.68. The molecule has 0 saturated heterocycles. The van der Waals surface area contributed by atoms with Crippen LogP contribution in [0.2, 0.25) is 48.3 Å². The van der Waals surface area contributed by atoms with E-state index in [1.165, 1.54) is 87.0 Å². The molecule has 9 N–H and O–H groups in total. The molecular formula is C78H81Cl6N7O16Si. The van der Waals surface area contributed by atoms with Gasteiger partial charge in [0, 0.05) is 55.0 Å². The van der Waals surface area contributed by atoms with Crippen LogP contribution >= 0.6 is 69.6 Å². The molecule has 0 radical (unpaired) electrons. The van der Waals surface area contributed by atoms with Crippen LogP contribution in [-0.4, -0.2) is 117 Å². The minimum atomic E-state index is -2.03. The average molecular weight is 1610 g/mol. The number of amides is 7. The van der Waals surface area contributed by atoms with Gasteiger partial charge in [0.25, 0.3) is 35.4 Å². The molecule has 0 unspecified atom stereocenters. The predicted octanol–water partition coefficient (Wildman–Crippen LogP) is 15.8. The Morgan fingerprint density at radius 2 is 0.889 bits per heavy atom. The Hall–Kier alpha value is -10.1. The van der Waals surface area contributed by atoms with E-state index in [4.69, 9.17) is 93.0 Å². The molecule has 0 saturated carbocycles. The van der Waals surface area contributed by atoms with Gasteiger partial charge in [-0.1, -0.05) is 139 Å². The maximum absolute atomic E-state index is 13.3. The number of ether oxygens (including phenoxy) is 4. The van der Waals surface area contributed by atoms with E-state index in [-0.39, 0.29) is 118 Å². The third kappa shape index (κ3) is 25.3. The van der Waals surface area contributed by atoms with E-state index >= 15 is 0 Å². The molecule has 0 aliphatic carbocycles. The van der Waals surface area contributed by atoms with Crippen LogP contribution < -0.4 is 46.4 Å². The van der Waals surface area contributed by atoms with Gasteiger partial charge in [-0.2, -0.15) is 0 Å². The van der Waals surface area contributed by atoms with Gasteiger partial charge < -0.3 is 70.8 Å². The lowest BCUT2D eigenvalue weighted by molar-refractivity contribution is -0.143. The van der Waals surface area contributed by atoms with Crippen molar-refractivity contribution in [1.82, 2.24) is 26.6 Å². The third-order valence-electron chi connectivity index (χ3n) is 16.5. The van der Waals surface area contributed by atoms with Crippen molar-refractivity contribution in [2.75, 3.05) is 38.0 Å². The zero-order chi connectivity index (χ0) is 79.4. The molecule has 30 heteroatoms. The predicted molar refractivity (Wildman–Crippen MR) is 419 cm³/mol. The SMILES string of the molecule is COC(=O)[C@H](Cc1ccc(NC(=O)c2c(Cl)cc(O)cc2Cl)cc1)NC(=O)c1ccc(C(=O)NCc2cccc(O[Si](C)(C)C(C)(C)C)c2)cc1Cl.COC(=O)[C@H](Cc1ccc(NC(=O)c2c(Cl)cc(OCCCNC(=O)OC(C)(C)C)cc2Cl)cc1)NC(=O)c1ccc(C(=O)NCc2cccc(O)c2)cc1Cl. The van der Waals surface area contributed by atoms with Crippen LogP contribution in [0.15, 0.2) is 158 Å². The molecule has 0 aliphatic rings. The number of rotatable bonds is 27.